The topological polar surface area (TPSA) is 24.4 Å². The molecule has 0 aliphatic carbocycles. The van der Waals surface area contributed by atoms with E-state index in [1.165, 1.54) is 12.8 Å². The third-order valence-corrected chi connectivity index (χ3v) is 2.88. The zero-order valence-electron chi connectivity index (χ0n) is 8.26. The van der Waals surface area contributed by atoms with Crippen molar-refractivity contribution in [1.29, 1.82) is 0 Å². The minimum absolute atomic E-state index is 0.635. The normalized spacial score (nSPS) is 16.0. The van der Waals surface area contributed by atoms with Gasteiger partial charge in [0.1, 0.15) is 5.84 Å². The van der Waals surface area contributed by atoms with E-state index in [4.69, 9.17) is 23.2 Å². The van der Waals surface area contributed by atoms with E-state index in [0.29, 0.717) is 10.0 Å². The SMILES string of the molecule is Clc1ccc(NC2=NCCCC2)c(Cl)c1. The first-order valence-corrected chi connectivity index (χ1v) is 5.77. The monoisotopic (exact) mass is 242 g/mol. The van der Waals surface area contributed by atoms with E-state index in [9.17, 15) is 0 Å². The number of halogens is 2. The van der Waals surface area contributed by atoms with Crippen molar-refractivity contribution in [1.82, 2.24) is 0 Å². The van der Waals surface area contributed by atoms with Gasteiger partial charge in [0.2, 0.25) is 0 Å². The first-order valence-electron chi connectivity index (χ1n) is 5.01. The molecule has 0 amide bonds. The minimum atomic E-state index is 0.635. The number of nitrogens with zero attached hydrogens (tertiary/aromatic N) is 1. The Morgan fingerprint density at radius 3 is 2.73 bits per heavy atom. The van der Waals surface area contributed by atoms with Gasteiger partial charge in [-0.3, -0.25) is 4.99 Å². The molecule has 0 spiro atoms. The number of aliphatic imine (C=N–C) groups is 1. The fourth-order valence-electron chi connectivity index (χ4n) is 1.55. The Bertz CT molecular complexity index is 388. The Kier molecular flexibility index (Phi) is 3.49. The summed E-state index contributed by atoms with van der Waals surface area (Å²) in [7, 11) is 0. The average Bonchev–Trinajstić information content (AvgIpc) is 2.24. The third kappa shape index (κ3) is 2.86. The molecule has 80 valence electrons. The van der Waals surface area contributed by atoms with Gasteiger partial charge < -0.3 is 5.32 Å². The number of rotatable bonds is 1. The van der Waals surface area contributed by atoms with Crippen LogP contribution in [0.3, 0.4) is 0 Å². The molecule has 15 heavy (non-hydrogen) atoms. The Morgan fingerprint density at radius 1 is 1.20 bits per heavy atom. The minimum Gasteiger partial charge on any atom is -0.343 e. The summed E-state index contributed by atoms with van der Waals surface area (Å²) in [5.74, 6) is 1.02. The van der Waals surface area contributed by atoms with Gasteiger partial charge in [-0.05, 0) is 31.0 Å². The fourth-order valence-corrected chi connectivity index (χ4v) is 2.00. The molecule has 0 atom stereocenters. The van der Waals surface area contributed by atoms with Crippen LogP contribution < -0.4 is 5.32 Å². The van der Waals surface area contributed by atoms with Gasteiger partial charge >= 0.3 is 0 Å². The van der Waals surface area contributed by atoms with E-state index in [1.54, 1.807) is 6.07 Å². The van der Waals surface area contributed by atoms with Crippen molar-refractivity contribution in [3.63, 3.8) is 0 Å². The Balaban J connectivity index is 2.13. The molecular weight excluding hydrogens is 231 g/mol. The van der Waals surface area contributed by atoms with Gasteiger partial charge in [0.15, 0.2) is 0 Å². The maximum Gasteiger partial charge on any atom is 0.101 e. The molecule has 2 rings (SSSR count). The number of hydrogen-bond acceptors (Lipinski definition) is 2. The van der Waals surface area contributed by atoms with Gasteiger partial charge in [-0.2, -0.15) is 0 Å². The van der Waals surface area contributed by atoms with Crippen LogP contribution in [0.4, 0.5) is 5.69 Å². The molecule has 0 bridgehead atoms. The maximum absolute atomic E-state index is 6.05. The van der Waals surface area contributed by atoms with Crippen LogP contribution in [0, 0.1) is 0 Å². The summed E-state index contributed by atoms with van der Waals surface area (Å²) in [5, 5.41) is 4.52. The summed E-state index contributed by atoms with van der Waals surface area (Å²) in [6.45, 7) is 0.910. The molecule has 0 saturated carbocycles. The average molecular weight is 243 g/mol. The lowest BCUT2D eigenvalue weighted by molar-refractivity contribution is 0.737. The van der Waals surface area contributed by atoms with E-state index in [-0.39, 0.29) is 0 Å². The number of anilines is 1. The predicted molar refractivity (Wildman–Crippen MR) is 66.2 cm³/mol. The molecule has 1 N–H and O–H groups in total. The second kappa shape index (κ2) is 4.86. The molecule has 0 fully saturated rings. The van der Waals surface area contributed by atoms with Gasteiger partial charge in [-0.15, -0.1) is 0 Å². The summed E-state index contributed by atoms with van der Waals surface area (Å²) < 4.78 is 0. The van der Waals surface area contributed by atoms with Crippen molar-refractivity contribution < 1.29 is 0 Å². The van der Waals surface area contributed by atoms with Gasteiger partial charge in [0.25, 0.3) is 0 Å². The number of hydrogen-bond donors (Lipinski definition) is 1. The molecular formula is C11H12Cl2N2. The van der Waals surface area contributed by atoms with E-state index < -0.39 is 0 Å². The molecule has 0 radical (unpaired) electrons. The smallest absolute Gasteiger partial charge is 0.101 e. The molecule has 0 saturated heterocycles. The first kappa shape index (κ1) is 10.8. The van der Waals surface area contributed by atoms with Gasteiger partial charge in [0, 0.05) is 18.0 Å². The van der Waals surface area contributed by atoms with E-state index >= 15 is 0 Å². The summed E-state index contributed by atoms with van der Waals surface area (Å²) in [5.41, 5.74) is 0.877. The van der Waals surface area contributed by atoms with Crippen molar-refractivity contribution in [2.24, 2.45) is 4.99 Å². The van der Waals surface area contributed by atoms with Crippen molar-refractivity contribution in [3.8, 4) is 0 Å². The van der Waals surface area contributed by atoms with E-state index in [1.807, 2.05) is 12.1 Å². The lowest BCUT2D eigenvalue weighted by atomic mass is 10.2. The van der Waals surface area contributed by atoms with Crippen molar-refractivity contribution in [2.45, 2.75) is 19.3 Å². The largest absolute Gasteiger partial charge is 0.343 e. The second-order valence-corrected chi connectivity index (χ2v) is 4.38. The summed E-state index contributed by atoms with van der Waals surface area (Å²) in [6.07, 6.45) is 3.37. The summed E-state index contributed by atoms with van der Waals surface area (Å²) in [6, 6.07) is 5.43. The molecule has 0 aromatic heterocycles. The predicted octanol–water partition coefficient (Wildman–Crippen LogP) is 3.99. The van der Waals surface area contributed by atoms with Crippen LogP contribution >= 0.6 is 23.2 Å². The number of benzene rings is 1. The molecule has 0 unspecified atom stereocenters. The highest BCUT2D eigenvalue weighted by Gasteiger charge is 2.07. The van der Waals surface area contributed by atoms with Crippen molar-refractivity contribution >= 4 is 34.7 Å². The number of amidine groups is 1. The first-order chi connectivity index (χ1) is 7.25. The highest BCUT2D eigenvalue weighted by Crippen LogP contribution is 2.26. The zero-order chi connectivity index (χ0) is 10.7. The lowest BCUT2D eigenvalue weighted by Crippen LogP contribution is -2.16. The zero-order valence-corrected chi connectivity index (χ0v) is 9.78. The Morgan fingerprint density at radius 2 is 2.07 bits per heavy atom. The molecule has 1 aliphatic heterocycles. The fraction of sp³-hybridized carbons (Fsp3) is 0.364. The molecule has 1 aliphatic rings. The van der Waals surface area contributed by atoms with Crippen LogP contribution in [0.25, 0.3) is 0 Å². The van der Waals surface area contributed by atoms with Crippen LogP contribution in [-0.4, -0.2) is 12.4 Å². The standard InChI is InChI=1S/C11H12Cl2N2/c12-8-4-5-10(9(13)7-8)15-11-3-1-2-6-14-11/h4-5,7H,1-3,6H2,(H,14,15). The van der Waals surface area contributed by atoms with Gasteiger partial charge in [-0.25, -0.2) is 0 Å². The van der Waals surface area contributed by atoms with Crippen molar-refractivity contribution in [2.75, 3.05) is 11.9 Å². The quantitative estimate of drug-likeness (QED) is 0.792. The van der Waals surface area contributed by atoms with Crippen LogP contribution in [0.2, 0.25) is 10.0 Å². The van der Waals surface area contributed by atoms with E-state index in [0.717, 1.165) is 24.5 Å². The molecule has 1 aromatic rings. The van der Waals surface area contributed by atoms with Crippen LogP contribution in [0.5, 0.6) is 0 Å². The molecule has 4 heteroatoms. The summed E-state index contributed by atoms with van der Waals surface area (Å²) >= 11 is 11.9. The Labute approximate surface area is 99.3 Å². The van der Waals surface area contributed by atoms with Crippen molar-refractivity contribution in [3.05, 3.63) is 28.2 Å². The van der Waals surface area contributed by atoms with E-state index in [2.05, 4.69) is 10.3 Å². The Hall–Kier alpha value is -0.730. The second-order valence-electron chi connectivity index (χ2n) is 3.53. The highest BCUT2D eigenvalue weighted by molar-refractivity contribution is 6.36. The highest BCUT2D eigenvalue weighted by atomic mass is 35.5. The van der Waals surface area contributed by atoms with Crippen LogP contribution in [0.1, 0.15) is 19.3 Å². The third-order valence-electron chi connectivity index (χ3n) is 2.33. The lowest BCUT2D eigenvalue weighted by Gasteiger charge is -2.14. The van der Waals surface area contributed by atoms with Gasteiger partial charge in [0.05, 0.1) is 10.7 Å². The molecule has 1 aromatic carbocycles. The van der Waals surface area contributed by atoms with Gasteiger partial charge in [-0.1, -0.05) is 23.2 Å². The van der Waals surface area contributed by atoms with Crippen LogP contribution in [0.15, 0.2) is 23.2 Å². The maximum atomic E-state index is 6.05. The number of nitrogens with one attached hydrogen (secondary N) is 1. The summed E-state index contributed by atoms with van der Waals surface area (Å²) in [4.78, 5) is 4.40. The van der Waals surface area contributed by atoms with Crippen LogP contribution in [-0.2, 0) is 0 Å². The molecule has 1 heterocycles. The molecule has 2 nitrogen and oxygen atoms in total.